The Kier molecular flexibility index (Phi) is 3.04. The molecule has 1 aromatic rings. The smallest absolute Gasteiger partial charge is 0.123 e. The molecule has 1 aromatic carbocycles. The van der Waals surface area contributed by atoms with E-state index >= 15 is 0 Å². The van der Waals surface area contributed by atoms with Crippen LogP contribution in [-0.2, 0) is 0 Å². The zero-order valence-corrected chi connectivity index (χ0v) is 9.72. The molecule has 2 N–H and O–H groups in total. The van der Waals surface area contributed by atoms with Gasteiger partial charge < -0.3 is 5.73 Å². The highest BCUT2D eigenvalue weighted by Gasteiger charge is 2.24. The van der Waals surface area contributed by atoms with Crippen LogP contribution >= 0.6 is 0 Å². The molecule has 0 spiro atoms. The molecule has 0 fully saturated rings. The van der Waals surface area contributed by atoms with Crippen molar-refractivity contribution in [2.75, 3.05) is 0 Å². The van der Waals surface area contributed by atoms with E-state index in [0.29, 0.717) is 17.7 Å². The molecule has 1 aliphatic heterocycles. The topological polar surface area (TPSA) is 50.7 Å². The summed E-state index contributed by atoms with van der Waals surface area (Å²) < 4.78 is 0. The molecule has 1 unspecified atom stereocenters. The number of nitrogens with zero attached hydrogens (tertiary/aromatic N) is 2. The summed E-state index contributed by atoms with van der Waals surface area (Å²) in [5.74, 6) is 1.32. The third-order valence-electron chi connectivity index (χ3n) is 2.86. The van der Waals surface area contributed by atoms with Crippen molar-refractivity contribution in [1.82, 2.24) is 0 Å². The van der Waals surface area contributed by atoms with Gasteiger partial charge in [0.05, 0.1) is 5.71 Å². The van der Waals surface area contributed by atoms with Gasteiger partial charge in [-0.2, -0.15) is 5.10 Å². The molecule has 1 heterocycles. The van der Waals surface area contributed by atoms with Gasteiger partial charge in [0.15, 0.2) is 0 Å². The second-order valence-corrected chi connectivity index (χ2v) is 4.44. The average molecular weight is 215 g/mol. The highest BCUT2D eigenvalue weighted by molar-refractivity contribution is 5.99. The molecular weight excluding hydrogens is 198 g/mol. The van der Waals surface area contributed by atoms with Crippen molar-refractivity contribution in [3.63, 3.8) is 0 Å². The standard InChI is InChI=1S/C13H17N3/c1-9(2)13-11(8-12(14)15-16-13)10-6-4-3-5-7-10/h3-7,9,11H,8H2,1-2H3,(H2,14,15). The Hall–Kier alpha value is -1.64. The summed E-state index contributed by atoms with van der Waals surface area (Å²) in [6, 6.07) is 10.4. The maximum Gasteiger partial charge on any atom is 0.123 e. The van der Waals surface area contributed by atoms with Crippen LogP contribution in [0.5, 0.6) is 0 Å². The number of hydrogen-bond donors (Lipinski definition) is 1. The van der Waals surface area contributed by atoms with Crippen molar-refractivity contribution < 1.29 is 0 Å². The zero-order chi connectivity index (χ0) is 11.5. The fourth-order valence-corrected chi connectivity index (χ4v) is 2.04. The highest BCUT2D eigenvalue weighted by Crippen LogP contribution is 2.27. The molecule has 3 nitrogen and oxygen atoms in total. The first kappa shape index (κ1) is 10.9. The first-order valence-electron chi connectivity index (χ1n) is 5.63. The van der Waals surface area contributed by atoms with E-state index in [2.05, 4.69) is 48.3 Å². The highest BCUT2D eigenvalue weighted by atomic mass is 15.2. The fraction of sp³-hybridized carbons (Fsp3) is 0.385. The van der Waals surface area contributed by atoms with Crippen LogP contribution in [0.4, 0.5) is 0 Å². The quantitative estimate of drug-likeness (QED) is 0.809. The third kappa shape index (κ3) is 2.13. The van der Waals surface area contributed by atoms with Gasteiger partial charge >= 0.3 is 0 Å². The largest absolute Gasteiger partial charge is 0.386 e. The Labute approximate surface area is 96.1 Å². The second kappa shape index (κ2) is 4.47. The van der Waals surface area contributed by atoms with Crippen LogP contribution < -0.4 is 5.73 Å². The van der Waals surface area contributed by atoms with E-state index in [-0.39, 0.29) is 0 Å². The molecule has 0 saturated carbocycles. The lowest BCUT2D eigenvalue weighted by Gasteiger charge is -2.24. The summed E-state index contributed by atoms with van der Waals surface area (Å²) in [6.45, 7) is 4.29. The van der Waals surface area contributed by atoms with Gasteiger partial charge in [-0.25, -0.2) is 0 Å². The van der Waals surface area contributed by atoms with Crippen molar-refractivity contribution in [3.8, 4) is 0 Å². The molecule has 0 bridgehead atoms. The summed E-state index contributed by atoms with van der Waals surface area (Å²) in [4.78, 5) is 0. The van der Waals surface area contributed by atoms with Gasteiger partial charge in [0.2, 0.25) is 0 Å². The van der Waals surface area contributed by atoms with E-state index in [1.807, 2.05) is 6.07 Å². The van der Waals surface area contributed by atoms with Crippen LogP contribution in [0.2, 0.25) is 0 Å². The molecule has 16 heavy (non-hydrogen) atoms. The Morgan fingerprint density at radius 3 is 2.50 bits per heavy atom. The average Bonchev–Trinajstić information content (AvgIpc) is 2.29. The minimum Gasteiger partial charge on any atom is -0.386 e. The van der Waals surface area contributed by atoms with Crippen molar-refractivity contribution in [3.05, 3.63) is 35.9 Å². The normalized spacial score (nSPS) is 20.6. The number of hydrogen-bond acceptors (Lipinski definition) is 3. The third-order valence-corrected chi connectivity index (χ3v) is 2.86. The zero-order valence-electron chi connectivity index (χ0n) is 9.72. The Bertz CT molecular complexity index is 418. The fourth-order valence-electron chi connectivity index (χ4n) is 2.04. The summed E-state index contributed by atoms with van der Waals surface area (Å²) >= 11 is 0. The Morgan fingerprint density at radius 1 is 1.19 bits per heavy atom. The van der Waals surface area contributed by atoms with Gasteiger partial charge in [0.25, 0.3) is 0 Å². The van der Waals surface area contributed by atoms with Crippen molar-refractivity contribution >= 4 is 11.5 Å². The number of benzene rings is 1. The molecule has 2 rings (SSSR count). The summed E-state index contributed by atoms with van der Waals surface area (Å²) in [5, 5.41) is 8.24. The minimum atomic E-state index is 0.290. The van der Waals surface area contributed by atoms with Gasteiger partial charge in [-0.15, -0.1) is 5.10 Å². The van der Waals surface area contributed by atoms with E-state index < -0.39 is 0 Å². The molecule has 0 aliphatic carbocycles. The second-order valence-electron chi connectivity index (χ2n) is 4.44. The van der Waals surface area contributed by atoms with E-state index in [1.165, 1.54) is 5.56 Å². The molecule has 0 amide bonds. The predicted octanol–water partition coefficient (Wildman–Crippen LogP) is 2.54. The SMILES string of the molecule is CC(C)C1=NN=C(N)CC1c1ccccc1. The summed E-state index contributed by atoms with van der Waals surface area (Å²) in [6.07, 6.45) is 0.779. The number of rotatable bonds is 2. The molecule has 1 aliphatic rings. The van der Waals surface area contributed by atoms with E-state index in [1.54, 1.807) is 0 Å². The molecule has 0 radical (unpaired) electrons. The van der Waals surface area contributed by atoms with Gasteiger partial charge in [0.1, 0.15) is 5.84 Å². The first-order valence-corrected chi connectivity index (χ1v) is 5.63. The summed E-state index contributed by atoms with van der Waals surface area (Å²) in [7, 11) is 0. The van der Waals surface area contributed by atoms with Crippen LogP contribution in [-0.4, -0.2) is 11.5 Å². The molecule has 0 aromatic heterocycles. The van der Waals surface area contributed by atoms with Crippen LogP contribution in [0.15, 0.2) is 40.5 Å². The van der Waals surface area contributed by atoms with E-state index in [4.69, 9.17) is 5.73 Å². The number of nitrogens with two attached hydrogens (primary N) is 1. The predicted molar refractivity (Wildman–Crippen MR) is 67.7 cm³/mol. The lowest BCUT2D eigenvalue weighted by molar-refractivity contribution is 0.770. The Balaban J connectivity index is 2.34. The minimum absolute atomic E-state index is 0.290. The van der Waals surface area contributed by atoms with Gasteiger partial charge in [-0.1, -0.05) is 44.2 Å². The molecule has 84 valence electrons. The lowest BCUT2D eigenvalue weighted by atomic mass is 9.85. The van der Waals surface area contributed by atoms with Crippen molar-refractivity contribution in [1.29, 1.82) is 0 Å². The van der Waals surface area contributed by atoms with Gasteiger partial charge in [-0.3, -0.25) is 0 Å². The summed E-state index contributed by atoms with van der Waals surface area (Å²) in [5.41, 5.74) is 8.16. The van der Waals surface area contributed by atoms with Gasteiger partial charge in [0, 0.05) is 12.3 Å². The number of amidine groups is 1. The van der Waals surface area contributed by atoms with Crippen LogP contribution in [0.3, 0.4) is 0 Å². The van der Waals surface area contributed by atoms with Crippen LogP contribution in [0, 0.1) is 5.92 Å². The lowest BCUT2D eigenvalue weighted by Crippen LogP contribution is -2.27. The van der Waals surface area contributed by atoms with E-state index in [0.717, 1.165) is 12.1 Å². The first-order chi connectivity index (χ1) is 7.68. The molecule has 3 heteroatoms. The molecule has 1 atom stereocenters. The van der Waals surface area contributed by atoms with Crippen molar-refractivity contribution in [2.45, 2.75) is 26.2 Å². The van der Waals surface area contributed by atoms with Crippen LogP contribution in [0.1, 0.15) is 31.7 Å². The monoisotopic (exact) mass is 215 g/mol. The van der Waals surface area contributed by atoms with Crippen molar-refractivity contribution in [2.24, 2.45) is 21.9 Å². The van der Waals surface area contributed by atoms with E-state index in [9.17, 15) is 0 Å². The Morgan fingerprint density at radius 2 is 1.88 bits per heavy atom. The molecular formula is C13H17N3. The van der Waals surface area contributed by atoms with Gasteiger partial charge in [-0.05, 0) is 11.5 Å². The maximum atomic E-state index is 5.77. The van der Waals surface area contributed by atoms with Crippen LogP contribution in [0.25, 0.3) is 0 Å². The maximum absolute atomic E-state index is 5.77. The molecule has 0 saturated heterocycles.